The van der Waals surface area contributed by atoms with Crippen molar-refractivity contribution in [3.63, 3.8) is 0 Å². The summed E-state index contributed by atoms with van der Waals surface area (Å²) in [6, 6.07) is -0.580. The van der Waals surface area contributed by atoms with Crippen molar-refractivity contribution in [2.75, 3.05) is 19.6 Å². The number of hydrogen-bond donors (Lipinski definition) is 2. The number of piperidine rings is 3. The van der Waals surface area contributed by atoms with Crippen molar-refractivity contribution in [2.24, 2.45) is 16.8 Å². The molecular formula is C8H14N4O. The number of primary amides is 1. The van der Waals surface area contributed by atoms with Crippen molar-refractivity contribution in [3.8, 4) is 0 Å². The molecule has 0 spiro atoms. The molecule has 0 aromatic rings. The van der Waals surface area contributed by atoms with E-state index in [0.29, 0.717) is 5.92 Å². The number of nitrogens with one attached hydrogen (secondary N) is 1. The molecule has 3 aliphatic heterocycles. The summed E-state index contributed by atoms with van der Waals surface area (Å²) in [4.78, 5) is 12.8. The van der Waals surface area contributed by atoms with Crippen LogP contribution in [0.3, 0.4) is 0 Å². The Morgan fingerprint density at radius 1 is 1.54 bits per heavy atom. The van der Waals surface area contributed by atoms with E-state index in [-0.39, 0.29) is 0 Å². The summed E-state index contributed by atoms with van der Waals surface area (Å²) in [5, 5.41) is 4.02. The van der Waals surface area contributed by atoms with E-state index in [9.17, 15) is 4.79 Å². The van der Waals surface area contributed by atoms with Gasteiger partial charge >= 0.3 is 6.03 Å². The van der Waals surface area contributed by atoms with Crippen LogP contribution in [0.25, 0.3) is 0 Å². The number of nitrogens with two attached hydrogens (primary N) is 1. The number of hydrogen-bond acceptors (Lipinski definition) is 3. The fourth-order valence-electron chi connectivity index (χ4n) is 2.04. The Labute approximate surface area is 77.0 Å². The number of urea groups is 1. The van der Waals surface area contributed by atoms with E-state index < -0.39 is 6.03 Å². The van der Waals surface area contributed by atoms with Gasteiger partial charge in [-0.3, -0.25) is 4.90 Å². The molecule has 72 valence electrons. The Hall–Kier alpha value is -1.10. The SMILES string of the molecule is NC(=O)N/N=C1/CN2CCC1CC2. The standard InChI is InChI=1S/C8H14N4O/c9-8(13)11-10-7-5-12-3-1-6(7)2-4-12/h6H,1-5H2,(H3,9,11,13)/b10-7-. The van der Waals surface area contributed by atoms with Crippen LogP contribution in [-0.4, -0.2) is 36.3 Å². The summed E-state index contributed by atoms with van der Waals surface area (Å²) in [5.74, 6) is 0.567. The first-order valence-corrected chi connectivity index (χ1v) is 4.60. The molecule has 0 radical (unpaired) electrons. The molecule has 3 heterocycles. The van der Waals surface area contributed by atoms with Crippen LogP contribution in [0.5, 0.6) is 0 Å². The van der Waals surface area contributed by atoms with E-state index in [1.807, 2.05) is 0 Å². The lowest BCUT2D eigenvalue weighted by Crippen LogP contribution is -2.48. The van der Waals surface area contributed by atoms with Gasteiger partial charge in [-0.1, -0.05) is 0 Å². The number of fused-ring (bicyclic) bond motifs is 3. The molecule has 0 aromatic carbocycles. The molecule has 3 N–H and O–H groups in total. The highest BCUT2D eigenvalue weighted by molar-refractivity contribution is 5.90. The van der Waals surface area contributed by atoms with Crippen LogP contribution in [0.15, 0.2) is 5.10 Å². The summed E-state index contributed by atoms with van der Waals surface area (Å²) in [7, 11) is 0. The van der Waals surface area contributed by atoms with Crippen LogP contribution in [0.4, 0.5) is 4.79 Å². The fraction of sp³-hybridized carbons (Fsp3) is 0.750. The molecule has 0 aromatic heterocycles. The zero-order valence-corrected chi connectivity index (χ0v) is 7.49. The van der Waals surface area contributed by atoms with Crippen LogP contribution in [0.1, 0.15) is 12.8 Å². The third kappa shape index (κ3) is 1.80. The minimum Gasteiger partial charge on any atom is -0.350 e. The first-order chi connectivity index (χ1) is 6.25. The molecule has 3 saturated heterocycles. The molecule has 0 saturated carbocycles. The Bertz CT molecular complexity index is 243. The maximum atomic E-state index is 10.4. The number of nitrogens with zero attached hydrogens (tertiary/aromatic N) is 2. The lowest BCUT2D eigenvalue weighted by atomic mass is 9.87. The molecule has 0 unspecified atom stereocenters. The lowest BCUT2D eigenvalue weighted by Gasteiger charge is -2.39. The van der Waals surface area contributed by atoms with Gasteiger partial charge in [-0.2, -0.15) is 5.10 Å². The van der Waals surface area contributed by atoms with E-state index >= 15 is 0 Å². The topological polar surface area (TPSA) is 70.7 Å². The van der Waals surface area contributed by atoms with E-state index in [1.54, 1.807) is 0 Å². The van der Waals surface area contributed by atoms with Crippen molar-refractivity contribution in [1.29, 1.82) is 0 Å². The average Bonchev–Trinajstić information content (AvgIpc) is 2.17. The summed E-state index contributed by atoms with van der Waals surface area (Å²) in [6.45, 7) is 3.23. The highest BCUT2D eigenvalue weighted by atomic mass is 16.2. The van der Waals surface area contributed by atoms with E-state index in [1.165, 1.54) is 25.9 Å². The van der Waals surface area contributed by atoms with Gasteiger partial charge in [0, 0.05) is 12.5 Å². The first-order valence-electron chi connectivity index (χ1n) is 4.60. The predicted molar refractivity (Wildman–Crippen MR) is 49.3 cm³/mol. The second-order valence-corrected chi connectivity index (χ2v) is 3.63. The summed E-state index contributed by atoms with van der Waals surface area (Å²) in [5.41, 5.74) is 8.32. The number of carbonyl (C=O) groups excluding carboxylic acids is 1. The van der Waals surface area contributed by atoms with Crippen LogP contribution < -0.4 is 11.2 Å². The van der Waals surface area contributed by atoms with Crippen molar-refractivity contribution in [3.05, 3.63) is 0 Å². The number of rotatable bonds is 1. The largest absolute Gasteiger partial charge is 0.350 e. The van der Waals surface area contributed by atoms with Gasteiger partial charge in [0.2, 0.25) is 0 Å². The third-order valence-electron chi connectivity index (χ3n) is 2.75. The molecule has 2 bridgehead atoms. The highest BCUT2D eigenvalue weighted by Gasteiger charge is 2.30. The summed E-state index contributed by atoms with van der Waals surface area (Å²) < 4.78 is 0. The van der Waals surface area contributed by atoms with Gasteiger partial charge in [0.25, 0.3) is 0 Å². The van der Waals surface area contributed by atoms with E-state index in [0.717, 1.165) is 12.3 Å². The van der Waals surface area contributed by atoms with Crippen LogP contribution >= 0.6 is 0 Å². The smallest absolute Gasteiger partial charge is 0.332 e. The molecule has 0 atom stereocenters. The monoisotopic (exact) mass is 182 g/mol. The minimum atomic E-state index is -0.580. The lowest BCUT2D eigenvalue weighted by molar-refractivity contribution is 0.199. The molecule has 2 amide bonds. The average molecular weight is 182 g/mol. The molecular weight excluding hydrogens is 168 g/mol. The molecule has 5 nitrogen and oxygen atoms in total. The fourth-order valence-corrected chi connectivity index (χ4v) is 2.04. The zero-order valence-electron chi connectivity index (χ0n) is 7.49. The van der Waals surface area contributed by atoms with Gasteiger partial charge in [-0.15, -0.1) is 0 Å². The number of carbonyl (C=O) groups is 1. The van der Waals surface area contributed by atoms with Crippen LogP contribution in [0.2, 0.25) is 0 Å². The molecule has 5 heteroatoms. The van der Waals surface area contributed by atoms with Crippen LogP contribution in [-0.2, 0) is 0 Å². The second-order valence-electron chi connectivity index (χ2n) is 3.63. The van der Waals surface area contributed by atoms with Gasteiger partial charge in [0.15, 0.2) is 0 Å². The molecule has 3 fully saturated rings. The Kier molecular flexibility index (Phi) is 2.18. The van der Waals surface area contributed by atoms with Crippen molar-refractivity contribution >= 4 is 11.7 Å². The van der Waals surface area contributed by atoms with Crippen molar-refractivity contribution in [1.82, 2.24) is 10.3 Å². The Morgan fingerprint density at radius 3 is 2.69 bits per heavy atom. The number of hydrazone groups is 1. The maximum absolute atomic E-state index is 10.4. The van der Waals surface area contributed by atoms with Crippen molar-refractivity contribution < 1.29 is 4.79 Å². The Balaban J connectivity index is 2.00. The third-order valence-corrected chi connectivity index (χ3v) is 2.75. The predicted octanol–water partition coefficient (Wildman–Crippen LogP) is -0.264. The molecule has 3 aliphatic rings. The van der Waals surface area contributed by atoms with E-state index in [2.05, 4.69) is 15.4 Å². The highest BCUT2D eigenvalue weighted by Crippen LogP contribution is 2.24. The van der Waals surface area contributed by atoms with Gasteiger partial charge in [-0.25, -0.2) is 10.2 Å². The summed E-state index contributed by atoms with van der Waals surface area (Å²) in [6.07, 6.45) is 2.33. The molecule has 0 aliphatic carbocycles. The summed E-state index contributed by atoms with van der Waals surface area (Å²) >= 11 is 0. The zero-order chi connectivity index (χ0) is 9.26. The van der Waals surface area contributed by atoms with Gasteiger partial charge in [0.1, 0.15) is 0 Å². The van der Waals surface area contributed by atoms with Gasteiger partial charge < -0.3 is 5.73 Å². The quantitative estimate of drug-likeness (QED) is 0.548. The maximum Gasteiger partial charge on any atom is 0.332 e. The number of amides is 2. The Morgan fingerprint density at radius 2 is 2.23 bits per heavy atom. The van der Waals surface area contributed by atoms with Gasteiger partial charge in [0.05, 0.1) is 5.71 Å². The second kappa shape index (κ2) is 3.33. The van der Waals surface area contributed by atoms with Gasteiger partial charge in [-0.05, 0) is 25.9 Å². The van der Waals surface area contributed by atoms with Crippen molar-refractivity contribution in [2.45, 2.75) is 12.8 Å². The minimum absolute atomic E-state index is 0.567. The van der Waals surface area contributed by atoms with E-state index in [4.69, 9.17) is 5.73 Å². The normalized spacial score (nSPS) is 34.9. The van der Waals surface area contributed by atoms with Crippen LogP contribution in [0, 0.1) is 5.92 Å². The molecule has 3 rings (SSSR count). The first kappa shape index (κ1) is 8.50. The molecule has 13 heavy (non-hydrogen) atoms.